The number of hydrogen-bond donors (Lipinski definition) is 1. The summed E-state index contributed by atoms with van der Waals surface area (Å²) in [5, 5.41) is 3.07. The molecule has 0 saturated carbocycles. The summed E-state index contributed by atoms with van der Waals surface area (Å²) in [6.45, 7) is 14.5. The van der Waals surface area contributed by atoms with E-state index < -0.39 is 10.0 Å². The van der Waals surface area contributed by atoms with Crippen LogP contribution in [0.3, 0.4) is 0 Å². The molecule has 0 unspecified atom stereocenters. The molecule has 0 heterocycles. The van der Waals surface area contributed by atoms with E-state index in [0.717, 1.165) is 6.42 Å². The van der Waals surface area contributed by atoms with E-state index in [9.17, 15) is 13.2 Å². The largest absolute Gasteiger partial charge is 0.491 e. The van der Waals surface area contributed by atoms with E-state index in [-0.39, 0.29) is 35.9 Å². The minimum atomic E-state index is -3.47. The molecule has 0 atom stereocenters. The van der Waals surface area contributed by atoms with Crippen LogP contribution in [0.2, 0.25) is 0 Å². The highest BCUT2D eigenvalue weighted by molar-refractivity contribution is 7.92. The first kappa shape index (κ1) is 25.3. The molecule has 0 aliphatic carbocycles. The number of sulfonamides is 1. The molecular formula is C22H38N2O4S. The molecule has 0 radical (unpaired) electrons. The molecule has 0 saturated heterocycles. The minimum Gasteiger partial charge on any atom is -0.491 e. The van der Waals surface area contributed by atoms with E-state index in [2.05, 4.69) is 26.1 Å². The number of benzene rings is 1. The summed E-state index contributed by atoms with van der Waals surface area (Å²) in [6.07, 6.45) is 2.72. The number of anilines is 1. The van der Waals surface area contributed by atoms with Crippen molar-refractivity contribution in [1.29, 1.82) is 0 Å². The van der Waals surface area contributed by atoms with Gasteiger partial charge in [-0.3, -0.25) is 9.10 Å². The first-order valence-corrected chi connectivity index (χ1v) is 12.0. The predicted octanol–water partition coefficient (Wildman–Crippen LogP) is 4.35. The normalized spacial score (nSPS) is 12.7. The standard InChI is InChI=1S/C22H38N2O4S/c1-17(2)28-19-12-9-11-18(15-19)24(29(8,26)27)14-10-13-20(25)23-22(6,7)16-21(3,4)5/h9,11-12,15,17H,10,13-14,16H2,1-8H3,(H,23,25). The molecule has 1 aromatic carbocycles. The van der Waals surface area contributed by atoms with Gasteiger partial charge in [-0.25, -0.2) is 8.42 Å². The number of nitrogens with zero attached hydrogens (tertiary/aromatic N) is 1. The Kier molecular flexibility index (Phi) is 8.57. The molecule has 7 heteroatoms. The van der Waals surface area contributed by atoms with Gasteiger partial charge in [0.2, 0.25) is 15.9 Å². The average Bonchev–Trinajstić information content (AvgIpc) is 2.46. The molecule has 1 aromatic rings. The van der Waals surface area contributed by atoms with Crippen LogP contribution in [0.25, 0.3) is 0 Å². The quantitative estimate of drug-likeness (QED) is 0.603. The zero-order valence-electron chi connectivity index (χ0n) is 19.2. The second kappa shape index (κ2) is 9.83. The molecule has 166 valence electrons. The van der Waals surface area contributed by atoms with Gasteiger partial charge in [-0.1, -0.05) is 26.8 Å². The summed E-state index contributed by atoms with van der Waals surface area (Å²) < 4.78 is 31.6. The van der Waals surface area contributed by atoms with Crippen LogP contribution in [0.15, 0.2) is 24.3 Å². The Labute approximate surface area is 177 Å². The third kappa shape index (κ3) is 10.0. The molecule has 1 amide bonds. The van der Waals surface area contributed by atoms with Gasteiger partial charge in [0, 0.05) is 24.6 Å². The van der Waals surface area contributed by atoms with Gasteiger partial charge in [0.25, 0.3) is 0 Å². The molecule has 0 fully saturated rings. The molecule has 0 aromatic heterocycles. The maximum Gasteiger partial charge on any atom is 0.232 e. The van der Waals surface area contributed by atoms with Gasteiger partial charge in [0.1, 0.15) is 5.75 Å². The molecule has 29 heavy (non-hydrogen) atoms. The van der Waals surface area contributed by atoms with Crippen molar-refractivity contribution in [3.63, 3.8) is 0 Å². The van der Waals surface area contributed by atoms with Crippen LogP contribution < -0.4 is 14.4 Å². The third-order valence-corrected chi connectivity index (χ3v) is 5.29. The van der Waals surface area contributed by atoms with E-state index in [4.69, 9.17) is 4.74 Å². The van der Waals surface area contributed by atoms with Crippen molar-refractivity contribution in [3.8, 4) is 5.75 Å². The third-order valence-electron chi connectivity index (χ3n) is 4.09. The fraction of sp³-hybridized carbons (Fsp3) is 0.682. The van der Waals surface area contributed by atoms with Crippen LogP contribution >= 0.6 is 0 Å². The first-order chi connectivity index (χ1) is 13.1. The van der Waals surface area contributed by atoms with Gasteiger partial charge in [-0.05, 0) is 58.1 Å². The van der Waals surface area contributed by atoms with Gasteiger partial charge >= 0.3 is 0 Å². The van der Waals surface area contributed by atoms with E-state index in [1.165, 1.54) is 10.6 Å². The maximum atomic E-state index is 12.4. The lowest BCUT2D eigenvalue weighted by molar-refractivity contribution is -0.123. The van der Waals surface area contributed by atoms with Crippen LogP contribution in [0.5, 0.6) is 5.75 Å². The highest BCUT2D eigenvalue weighted by Crippen LogP contribution is 2.27. The summed E-state index contributed by atoms with van der Waals surface area (Å²) in [5.74, 6) is 0.553. The van der Waals surface area contributed by atoms with Gasteiger partial charge < -0.3 is 10.1 Å². The Bertz CT molecular complexity index is 780. The molecule has 0 aliphatic rings. The first-order valence-electron chi connectivity index (χ1n) is 10.1. The maximum absolute atomic E-state index is 12.4. The van der Waals surface area contributed by atoms with Crippen LogP contribution in [-0.2, 0) is 14.8 Å². The number of rotatable bonds is 10. The van der Waals surface area contributed by atoms with Crippen molar-refractivity contribution in [2.45, 2.75) is 79.4 Å². The smallest absolute Gasteiger partial charge is 0.232 e. The zero-order chi connectivity index (χ0) is 22.5. The van der Waals surface area contributed by atoms with E-state index >= 15 is 0 Å². The van der Waals surface area contributed by atoms with Crippen molar-refractivity contribution >= 4 is 21.6 Å². The molecule has 1 rings (SSSR count). The van der Waals surface area contributed by atoms with Crippen LogP contribution in [-0.4, -0.2) is 38.8 Å². The SMILES string of the molecule is CC(C)Oc1cccc(N(CCCC(=O)NC(C)(C)CC(C)(C)C)S(C)(=O)=O)c1. The zero-order valence-corrected chi connectivity index (χ0v) is 20.0. The fourth-order valence-corrected chi connectivity index (χ4v) is 4.62. The number of nitrogens with one attached hydrogen (secondary N) is 1. The van der Waals surface area contributed by atoms with Gasteiger partial charge in [0.15, 0.2) is 0 Å². The van der Waals surface area contributed by atoms with Crippen LogP contribution in [0.4, 0.5) is 5.69 Å². The number of hydrogen-bond acceptors (Lipinski definition) is 4. The summed E-state index contributed by atoms with van der Waals surface area (Å²) in [5.41, 5.74) is 0.334. The van der Waals surface area contributed by atoms with Gasteiger partial charge in [-0.2, -0.15) is 0 Å². The van der Waals surface area contributed by atoms with Gasteiger partial charge in [0.05, 0.1) is 18.0 Å². The van der Waals surface area contributed by atoms with Crippen molar-refractivity contribution in [2.24, 2.45) is 5.41 Å². The van der Waals surface area contributed by atoms with Crippen molar-refractivity contribution < 1.29 is 17.9 Å². The number of ether oxygens (including phenoxy) is 1. The van der Waals surface area contributed by atoms with Crippen molar-refractivity contribution in [3.05, 3.63) is 24.3 Å². The van der Waals surface area contributed by atoms with Crippen LogP contribution in [0, 0.1) is 5.41 Å². The number of carbonyl (C=O) groups is 1. The minimum absolute atomic E-state index is 0.00270. The summed E-state index contributed by atoms with van der Waals surface area (Å²) >= 11 is 0. The summed E-state index contributed by atoms with van der Waals surface area (Å²) in [6, 6.07) is 7.02. The Morgan fingerprint density at radius 2 is 1.79 bits per heavy atom. The lowest BCUT2D eigenvalue weighted by Crippen LogP contribution is -2.46. The highest BCUT2D eigenvalue weighted by atomic mass is 32.2. The lowest BCUT2D eigenvalue weighted by atomic mass is 9.82. The Morgan fingerprint density at radius 1 is 1.17 bits per heavy atom. The van der Waals surface area contributed by atoms with Crippen LogP contribution in [0.1, 0.15) is 67.7 Å². The summed E-state index contributed by atoms with van der Waals surface area (Å²) in [7, 11) is -3.47. The van der Waals surface area contributed by atoms with E-state index in [1.54, 1.807) is 24.3 Å². The molecule has 6 nitrogen and oxygen atoms in total. The van der Waals surface area contributed by atoms with Gasteiger partial charge in [-0.15, -0.1) is 0 Å². The topological polar surface area (TPSA) is 75.7 Å². The summed E-state index contributed by atoms with van der Waals surface area (Å²) in [4.78, 5) is 12.4. The average molecular weight is 427 g/mol. The Balaban J connectivity index is 2.76. The lowest BCUT2D eigenvalue weighted by Gasteiger charge is -2.33. The number of amides is 1. The monoisotopic (exact) mass is 426 g/mol. The Hall–Kier alpha value is -1.76. The molecule has 0 bridgehead atoms. The predicted molar refractivity (Wildman–Crippen MR) is 120 cm³/mol. The second-order valence-electron chi connectivity index (χ2n) is 9.77. The fourth-order valence-electron chi connectivity index (χ4n) is 3.66. The molecule has 1 N–H and O–H groups in total. The van der Waals surface area contributed by atoms with Crippen molar-refractivity contribution in [1.82, 2.24) is 5.32 Å². The second-order valence-corrected chi connectivity index (χ2v) is 11.7. The highest BCUT2D eigenvalue weighted by Gasteiger charge is 2.27. The van der Waals surface area contributed by atoms with E-state index in [0.29, 0.717) is 17.9 Å². The number of carbonyl (C=O) groups excluding carboxylic acids is 1. The van der Waals surface area contributed by atoms with Crippen molar-refractivity contribution in [2.75, 3.05) is 17.1 Å². The van der Waals surface area contributed by atoms with E-state index in [1.807, 2.05) is 27.7 Å². The molecular weight excluding hydrogens is 388 g/mol. The molecule has 0 aliphatic heterocycles. The Morgan fingerprint density at radius 3 is 2.31 bits per heavy atom. The molecule has 0 spiro atoms.